The topological polar surface area (TPSA) is 95.9 Å². The Morgan fingerprint density at radius 2 is 1.04 bits per heavy atom. The van der Waals surface area contributed by atoms with Crippen molar-refractivity contribution in [2.75, 3.05) is 6.61 Å². The molecule has 0 aromatic carbocycles. The van der Waals surface area contributed by atoms with E-state index in [9.17, 15) is 19.8 Å². The molecule has 0 aliphatic rings. The fourth-order valence-corrected chi connectivity index (χ4v) is 6.17. The largest absolute Gasteiger partial charge is 0.462 e. The number of amides is 1. The van der Waals surface area contributed by atoms with Crippen molar-refractivity contribution in [1.82, 2.24) is 5.32 Å². The molecule has 310 valence electrons. The van der Waals surface area contributed by atoms with Crippen molar-refractivity contribution < 1.29 is 24.5 Å². The zero-order chi connectivity index (χ0) is 39.6. The van der Waals surface area contributed by atoms with Crippen LogP contribution in [0.15, 0.2) is 72.9 Å². The van der Waals surface area contributed by atoms with Gasteiger partial charge in [0.1, 0.15) is 6.10 Å². The molecular formula is C48H83NO5. The predicted octanol–water partition coefficient (Wildman–Crippen LogP) is 12.7. The third kappa shape index (κ3) is 36.3. The molecule has 0 spiro atoms. The molecular weight excluding hydrogens is 671 g/mol. The molecule has 0 bridgehead atoms. The van der Waals surface area contributed by atoms with Gasteiger partial charge in [0.2, 0.25) is 5.91 Å². The summed E-state index contributed by atoms with van der Waals surface area (Å²) in [6.45, 7) is 6.24. The Hall–Kier alpha value is -2.70. The number of nitrogens with one attached hydrogen (secondary N) is 1. The maximum absolute atomic E-state index is 13.1. The third-order valence-electron chi connectivity index (χ3n) is 9.50. The summed E-state index contributed by atoms with van der Waals surface area (Å²) in [6.07, 6.45) is 51.2. The van der Waals surface area contributed by atoms with E-state index in [1.54, 1.807) is 0 Å². The molecule has 0 aliphatic heterocycles. The van der Waals surface area contributed by atoms with Crippen LogP contribution < -0.4 is 5.32 Å². The molecule has 54 heavy (non-hydrogen) atoms. The minimum absolute atomic E-state index is 0.0401. The van der Waals surface area contributed by atoms with Gasteiger partial charge in [0.05, 0.1) is 25.2 Å². The average Bonchev–Trinajstić information content (AvgIpc) is 3.16. The van der Waals surface area contributed by atoms with Gasteiger partial charge >= 0.3 is 5.97 Å². The van der Waals surface area contributed by atoms with E-state index in [1.165, 1.54) is 44.9 Å². The molecule has 0 fully saturated rings. The third-order valence-corrected chi connectivity index (χ3v) is 9.50. The van der Waals surface area contributed by atoms with Crippen LogP contribution in [0.25, 0.3) is 0 Å². The monoisotopic (exact) mass is 754 g/mol. The van der Waals surface area contributed by atoms with E-state index in [2.05, 4.69) is 99.0 Å². The van der Waals surface area contributed by atoms with Gasteiger partial charge in [0, 0.05) is 6.42 Å². The van der Waals surface area contributed by atoms with E-state index >= 15 is 0 Å². The quantitative estimate of drug-likeness (QED) is 0.0331. The molecule has 3 unspecified atom stereocenters. The van der Waals surface area contributed by atoms with Crippen molar-refractivity contribution in [3.05, 3.63) is 72.9 Å². The van der Waals surface area contributed by atoms with Gasteiger partial charge in [0.15, 0.2) is 0 Å². The second-order valence-corrected chi connectivity index (χ2v) is 14.7. The van der Waals surface area contributed by atoms with Crippen LogP contribution in [0.1, 0.15) is 194 Å². The Balaban J connectivity index is 4.61. The van der Waals surface area contributed by atoms with E-state index in [0.717, 1.165) is 96.3 Å². The van der Waals surface area contributed by atoms with Crippen LogP contribution >= 0.6 is 0 Å². The van der Waals surface area contributed by atoms with Crippen molar-refractivity contribution >= 4 is 11.9 Å². The van der Waals surface area contributed by atoms with Crippen LogP contribution in [0, 0.1) is 0 Å². The molecule has 1 amide bonds. The highest BCUT2D eigenvalue weighted by Crippen LogP contribution is 2.16. The highest BCUT2D eigenvalue weighted by atomic mass is 16.5. The fraction of sp³-hybridized carbons (Fsp3) is 0.708. The lowest BCUT2D eigenvalue weighted by atomic mass is 10.0. The van der Waals surface area contributed by atoms with E-state index in [-0.39, 0.29) is 24.9 Å². The molecule has 3 N–H and O–H groups in total. The van der Waals surface area contributed by atoms with Crippen LogP contribution in [0.5, 0.6) is 0 Å². The molecule has 0 aliphatic carbocycles. The Labute approximate surface area is 332 Å². The average molecular weight is 754 g/mol. The van der Waals surface area contributed by atoms with Crippen molar-refractivity contribution in [2.24, 2.45) is 0 Å². The number of aliphatic hydroxyl groups is 2. The maximum atomic E-state index is 13.1. The molecule has 6 heteroatoms. The Kier molecular flexibility index (Phi) is 39.4. The zero-order valence-electron chi connectivity index (χ0n) is 35.1. The summed E-state index contributed by atoms with van der Waals surface area (Å²) in [5.74, 6) is -0.572. The maximum Gasteiger partial charge on any atom is 0.306 e. The lowest BCUT2D eigenvalue weighted by Gasteiger charge is -2.24. The molecule has 6 nitrogen and oxygen atoms in total. The van der Waals surface area contributed by atoms with Crippen molar-refractivity contribution in [1.29, 1.82) is 0 Å². The number of unbranched alkanes of at least 4 members (excludes halogenated alkanes) is 14. The van der Waals surface area contributed by atoms with Gasteiger partial charge in [0.25, 0.3) is 0 Å². The summed E-state index contributed by atoms with van der Waals surface area (Å²) >= 11 is 0. The summed E-state index contributed by atoms with van der Waals surface area (Å²) in [5.41, 5.74) is 0. The number of rotatable bonds is 38. The first-order valence-electron chi connectivity index (χ1n) is 22.2. The number of hydrogen-bond donors (Lipinski definition) is 3. The number of allylic oxidation sites excluding steroid dienone is 12. The Morgan fingerprint density at radius 1 is 0.556 bits per heavy atom. The molecule has 3 atom stereocenters. The minimum Gasteiger partial charge on any atom is -0.462 e. The van der Waals surface area contributed by atoms with Crippen LogP contribution in [0.3, 0.4) is 0 Å². The van der Waals surface area contributed by atoms with Gasteiger partial charge in [-0.25, -0.2) is 0 Å². The van der Waals surface area contributed by atoms with E-state index in [4.69, 9.17) is 4.74 Å². The van der Waals surface area contributed by atoms with E-state index < -0.39 is 18.2 Å². The second kappa shape index (κ2) is 41.5. The Morgan fingerprint density at radius 3 is 1.61 bits per heavy atom. The second-order valence-electron chi connectivity index (χ2n) is 14.7. The minimum atomic E-state index is -0.800. The van der Waals surface area contributed by atoms with Gasteiger partial charge in [-0.05, 0) is 83.5 Å². The van der Waals surface area contributed by atoms with Crippen molar-refractivity contribution in [3.63, 3.8) is 0 Å². The summed E-state index contributed by atoms with van der Waals surface area (Å²) < 4.78 is 5.84. The first-order valence-corrected chi connectivity index (χ1v) is 22.2. The number of ether oxygens (including phenoxy) is 1. The number of hydrogen-bond acceptors (Lipinski definition) is 5. The van der Waals surface area contributed by atoms with Crippen LogP contribution in [0.4, 0.5) is 0 Å². The lowest BCUT2D eigenvalue weighted by molar-refractivity contribution is -0.151. The Bertz CT molecular complexity index is 1030. The normalized spacial score (nSPS) is 14.1. The predicted molar refractivity (Wildman–Crippen MR) is 231 cm³/mol. The van der Waals surface area contributed by atoms with Crippen molar-refractivity contribution in [3.8, 4) is 0 Å². The highest BCUT2D eigenvalue weighted by Gasteiger charge is 2.24. The van der Waals surface area contributed by atoms with Gasteiger partial charge in [-0.15, -0.1) is 0 Å². The molecule has 0 saturated carbocycles. The van der Waals surface area contributed by atoms with Crippen LogP contribution in [-0.2, 0) is 14.3 Å². The summed E-state index contributed by atoms with van der Waals surface area (Å²) in [6, 6.07) is -0.717. The van der Waals surface area contributed by atoms with Gasteiger partial charge < -0.3 is 20.3 Å². The first kappa shape index (κ1) is 51.3. The smallest absolute Gasteiger partial charge is 0.306 e. The summed E-state index contributed by atoms with van der Waals surface area (Å²) in [4.78, 5) is 25.9. The molecule has 0 saturated heterocycles. The number of carbonyl (C=O) groups excluding carboxylic acids is 2. The molecule has 0 aromatic heterocycles. The first-order chi connectivity index (χ1) is 26.5. The highest BCUT2D eigenvalue weighted by molar-refractivity contribution is 5.77. The van der Waals surface area contributed by atoms with Crippen LogP contribution in [-0.4, -0.2) is 46.9 Å². The van der Waals surface area contributed by atoms with Crippen LogP contribution in [0.2, 0.25) is 0 Å². The lowest BCUT2D eigenvalue weighted by Crippen LogP contribution is -2.46. The molecule has 0 radical (unpaired) electrons. The molecule has 0 heterocycles. The number of carbonyl (C=O) groups is 2. The summed E-state index contributed by atoms with van der Waals surface area (Å²) in [5, 5.41) is 23.5. The zero-order valence-corrected chi connectivity index (χ0v) is 35.1. The molecule has 0 aromatic rings. The number of aliphatic hydroxyl groups excluding tert-OH is 2. The van der Waals surface area contributed by atoms with E-state index in [0.29, 0.717) is 25.7 Å². The standard InChI is InChI=1S/C48H83NO5/c1-4-7-10-13-16-19-21-22-23-24-25-26-27-29-32-35-38-41-48(53)54-44(39-36-33-30-18-15-12-9-6-3)42-47(52)49-45(43-50)46(51)40-37-34-31-28-20-17-14-11-8-5-2/h7,10,12,15-16,19,22-23,25-26,29,32,44-46,50-51H,4-6,8-9,11,13-14,17-18,20-21,24,27-28,30-31,33-43H2,1-3H3,(H,49,52)/b10-7-,15-12-,19-16-,23-22-,26-25-,32-29-. The number of esters is 1. The van der Waals surface area contributed by atoms with Crippen molar-refractivity contribution in [2.45, 2.75) is 212 Å². The fourth-order valence-electron chi connectivity index (χ4n) is 6.17. The van der Waals surface area contributed by atoms with E-state index in [1.807, 2.05) is 0 Å². The van der Waals surface area contributed by atoms with Gasteiger partial charge in [-0.2, -0.15) is 0 Å². The van der Waals surface area contributed by atoms with Gasteiger partial charge in [-0.1, -0.05) is 171 Å². The SMILES string of the molecule is CC/C=C\C/C=C\C/C=C\C/C=C\C/C=C\CCCC(=O)OC(CCCCC/C=C\CCC)CC(=O)NC(CO)C(O)CCCCCCCCCCCC. The molecule has 0 rings (SSSR count). The summed E-state index contributed by atoms with van der Waals surface area (Å²) in [7, 11) is 0. The van der Waals surface area contributed by atoms with Gasteiger partial charge in [-0.3, -0.25) is 9.59 Å².